The van der Waals surface area contributed by atoms with Crippen LogP contribution in [0.3, 0.4) is 0 Å². The molecule has 0 amide bonds. The Morgan fingerprint density at radius 2 is 2.17 bits per heavy atom. The summed E-state index contributed by atoms with van der Waals surface area (Å²) in [5.74, 6) is 0.0242. The maximum atomic E-state index is 10.8. The van der Waals surface area contributed by atoms with Gasteiger partial charge < -0.3 is 14.6 Å². The standard InChI is InChI=1S/C12H12Br2O4/c1-2-12(16)18-7-9(15)6-17-11-5-8(13)3-4-10(11)14/h2-5,9,15H,1,6-7H2. The molecule has 6 heteroatoms. The third kappa shape index (κ3) is 5.20. The van der Waals surface area contributed by atoms with E-state index in [1.54, 1.807) is 6.07 Å². The number of aliphatic hydroxyl groups excluding tert-OH is 1. The average Bonchev–Trinajstić information content (AvgIpc) is 2.36. The molecular formula is C12H12Br2O4. The maximum absolute atomic E-state index is 10.8. The summed E-state index contributed by atoms with van der Waals surface area (Å²) in [6, 6.07) is 5.45. The maximum Gasteiger partial charge on any atom is 0.330 e. The van der Waals surface area contributed by atoms with Crippen molar-refractivity contribution in [2.45, 2.75) is 6.10 Å². The van der Waals surface area contributed by atoms with Gasteiger partial charge in [0, 0.05) is 10.5 Å². The number of hydrogen-bond donors (Lipinski definition) is 1. The van der Waals surface area contributed by atoms with Crippen molar-refractivity contribution < 1.29 is 19.4 Å². The number of hydrogen-bond acceptors (Lipinski definition) is 4. The summed E-state index contributed by atoms with van der Waals surface area (Å²) >= 11 is 6.65. The van der Waals surface area contributed by atoms with Gasteiger partial charge in [-0.25, -0.2) is 4.79 Å². The molecule has 0 radical (unpaired) electrons. The lowest BCUT2D eigenvalue weighted by Gasteiger charge is -2.13. The second-order valence-electron chi connectivity index (χ2n) is 3.37. The fraction of sp³-hybridized carbons (Fsp3) is 0.250. The molecule has 1 aromatic carbocycles. The number of carbonyl (C=O) groups is 1. The van der Waals surface area contributed by atoms with E-state index in [0.29, 0.717) is 5.75 Å². The van der Waals surface area contributed by atoms with Crippen LogP contribution in [0.5, 0.6) is 5.75 Å². The lowest BCUT2D eigenvalue weighted by molar-refractivity contribution is -0.141. The summed E-state index contributed by atoms with van der Waals surface area (Å²) < 4.78 is 11.7. The normalized spacial score (nSPS) is 11.7. The first-order valence-corrected chi connectivity index (χ1v) is 6.66. The molecule has 1 atom stereocenters. The molecule has 1 N–H and O–H groups in total. The highest BCUT2D eigenvalue weighted by Crippen LogP contribution is 2.28. The molecule has 0 aromatic heterocycles. The number of benzene rings is 1. The Bertz CT molecular complexity index is 434. The highest BCUT2D eigenvalue weighted by Gasteiger charge is 2.09. The van der Waals surface area contributed by atoms with Crippen LogP contribution in [0.2, 0.25) is 0 Å². The minimum Gasteiger partial charge on any atom is -0.490 e. The Hall–Kier alpha value is -0.850. The van der Waals surface area contributed by atoms with Gasteiger partial charge in [0.15, 0.2) is 0 Å². The smallest absolute Gasteiger partial charge is 0.330 e. The largest absolute Gasteiger partial charge is 0.490 e. The van der Waals surface area contributed by atoms with Gasteiger partial charge in [0.2, 0.25) is 0 Å². The molecule has 18 heavy (non-hydrogen) atoms. The molecule has 98 valence electrons. The quantitative estimate of drug-likeness (QED) is 0.609. The molecule has 0 fully saturated rings. The van der Waals surface area contributed by atoms with E-state index in [0.717, 1.165) is 15.0 Å². The summed E-state index contributed by atoms with van der Waals surface area (Å²) in [6.45, 7) is 3.15. The molecule has 0 saturated heterocycles. The van der Waals surface area contributed by atoms with E-state index in [1.807, 2.05) is 12.1 Å². The van der Waals surface area contributed by atoms with Gasteiger partial charge in [-0.3, -0.25) is 0 Å². The molecule has 4 nitrogen and oxygen atoms in total. The van der Waals surface area contributed by atoms with Crippen molar-refractivity contribution in [2.75, 3.05) is 13.2 Å². The van der Waals surface area contributed by atoms with Gasteiger partial charge >= 0.3 is 5.97 Å². The number of carbonyl (C=O) groups excluding carboxylic acids is 1. The first-order chi connectivity index (χ1) is 8.52. The van der Waals surface area contributed by atoms with Crippen molar-refractivity contribution in [2.24, 2.45) is 0 Å². The van der Waals surface area contributed by atoms with Crippen LogP contribution in [0, 0.1) is 0 Å². The van der Waals surface area contributed by atoms with E-state index in [-0.39, 0.29) is 13.2 Å². The monoisotopic (exact) mass is 378 g/mol. The summed E-state index contributed by atoms with van der Waals surface area (Å²) in [5.41, 5.74) is 0. The molecule has 0 bridgehead atoms. The Labute approximate surface area is 122 Å². The molecule has 0 heterocycles. The van der Waals surface area contributed by atoms with Crippen LogP contribution in [-0.2, 0) is 9.53 Å². The van der Waals surface area contributed by atoms with E-state index in [1.165, 1.54) is 0 Å². The van der Waals surface area contributed by atoms with Crippen molar-refractivity contribution in [1.82, 2.24) is 0 Å². The molecule has 1 aromatic rings. The fourth-order valence-electron chi connectivity index (χ4n) is 1.06. The lowest BCUT2D eigenvalue weighted by atomic mass is 10.3. The number of halogens is 2. The van der Waals surface area contributed by atoms with Gasteiger partial charge in [0.25, 0.3) is 0 Å². The second kappa shape index (κ2) is 7.56. The van der Waals surface area contributed by atoms with Crippen molar-refractivity contribution in [1.29, 1.82) is 0 Å². The first kappa shape index (κ1) is 15.2. The van der Waals surface area contributed by atoms with Crippen LogP contribution in [0.4, 0.5) is 0 Å². The van der Waals surface area contributed by atoms with Gasteiger partial charge in [-0.1, -0.05) is 22.5 Å². The predicted octanol–water partition coefficient (Wildman–Crippen LogP) is 2.68. The summed E-state index contributed by atoms with van der Waals surface area (Å²) in [4.78, 5) is 10.8. The molecule has 1 unspecified atom stereocenters. The first-order valence-electron chi connectivity index (χ1n) is 5.08. The summed E-state index contributed by atoms with van der Waals surface area (Å²) in [7, 11) is 0. The van der Waals surface area contributed by atoms with Crippen molar-refractivity contribution in [3.05, 3.63) is 39.8 Å². The van der Waals surface area contributed by atoms with Gasteiger partial charge in [-0.2, -0.15) is 0 Å². The number of esters is 1. The molecule has 0 aliphatic heterocycles. The number of aliphatic hydroxyl groups is 1. The van der Waals surface area contributed by atoms with Crippen LogP contribution in [0.25, 0.3) is 0 Å². The average molecular weight is 380 g/mol. The van der Waals surface area contributed by atoms with Crippen LogP contribution in [-0.4, -0.2) is 30.4 Å². The van der Waals surface area contributed by atoms with Crippen molar-refractivity contribution >= 4 is 37.8 Å². The Balaban J connectivity index is 2.42. The van der Waals surface area contributed by atoms with Gasteiger partial charge in [-0.15, -0.1) is 0 Å². The van der Waals surface area contributed by atoms with Crippen molar-refractivity contribution in [3.8, 4) is 5.75 Å². The van der Waals surface area contributed by atoms with Crippen LogP contribution < -0.4 is 4.74 Å². The molecular weight excluding hydrogens is 368 g/mol. The highest BCUT2D eigenvalue weighted by molar-refractivity contribution is 9.11. The topological polar surface area (TPSA) is 55.8 Å². The Morgan fingerprint density at radius 1 is 1.44 bits per heavy atom. The Kier molecular flexibility index (Phi) is 6.38. The number of ether oxygens (including phenoxy) is 2. The molecule has 0 saturated carbocycles. The van der Waals surface area contributed by atoms with Crippen LogP contribution >= 0.6 is 31.9 Å². The Morgan fingerprint density at radius 3 is 2.83 bits per heavy atom. The highest BCUT2D eigenvalue weighted by atomic mass is 79.9. The third-order valence-corrected chi connectivity index (χ3v) is 3.06. The zero-order chi connectivity index (χ0) is 13.5. The van der Waals surface area contributed by atoms with E-state index < -0.39 is 12.1 Å². The van der Waals surface area contributed by atoms with Crippen molar-refractivity contribution in [3.63, 3.8) is 0 Å². The minimum atomic E-state index is -0.889. The van der Waals surface area contributed by atoms with Gasteiger partial charge in [0.05, 0.1) is 4.47 Å². The predicted molar refractivity (Wildman–Crippen MR) is 74.5 cm³/mol. The van der Waals surface area contributed by atoms with Crippen LogP contribution in [0.15, 0.2) is 39.8 Å². The summed E-state index contributed by atoms with van der Waals surface area (Å²) in [5, 5.41) is 9.55. The van der Waals surface area contributed by atoms with E-state index >= 15 is 0 Å². The summed E-state index contributed by atoms with van der Waals surface area (Å²) in [6.07, 6.45) is 0.151. The van der Waals surface area contributed by atoms with Crippen LogP contribution in [0.1, 0.15) is 0 Å². The van der Waals surface area contributed by atoms with Gasteiger partial charge in [0.1, 0.15) is 25.1 Å². The van der Waals surface area contributed by atoms with E-state index in [4.69, 9.17) is 4.74 Å². The van der Waals surface area contributed by atoms with E-state index in [2.05, 4.69) is 43.2 Å². The van der Waals surface area contributed by atoms with Gasteiger partial charge in [-0.05, 0) is 34.1 Å². The SMILES string of the molecule is C=CC(=O)OCC(O)COc1cc(Br)ccc1Br. The third-order valence-electron chi connectivity index (χ3n) is 1.91. The number of rotatable bonds is 6. The lowest BCUT2D eigenvalue weighted by Crippen LogP contribution is -2.24. The minimum absolute atomic E-state index is 0.0273. The zero-order valence-electron chi connectivity index (χ0n) is 9.44. The molecule has 1 rings (SSSR count). The fourth-order valence-corrected chi connectivity index (χ4v) is 1.76. The molecule has 0 aliphatic carbocycles. The molecule has 0 aliphatic rings. The molecule has 0 spiro atoms. The van der Waals surface area contributed by atoms with E-state index in [9.17, 15) is 9.90 Å². The second-order valence-corrected chi connectivity index (χ2v) is 5.14. The zero-order valence-corrected chi connectivity index (χ0v) is 12.6.